The summed E-state index contributed by atoms with van der Waals surface area (Å²) in [5.41, 5.74) is 0.756. The lowest BCUT2D eigenvalue weighted by atomic mass is 10.1. The molecule has 0 radical (unpaired) electrons. The number of carbonyl (C=O) groups excluding carboxylic acids is 1. The number of amides is 1. The van der Waals surface area contributed by atoms with E-state index in [0.29, 0.717) is 16.7 Å². The molecule has 1 aromatic carbocycles. The van der Waals surface area contributed by atoms with Crippen LogP contribution in [-0.2, 0) is 0 Å². The fourth-order valence-corrected chi connectivity index (χ4v) is 2.11. The number of halogens is 2. The molecule has 0 aliphatic carbocycles. The van der Waals surface area contributed by atoms with Crippen LogP contribution in [0.15, 0.2) is 47.2 Å². The van der Waals surface area contributed by atoms with Crippen LogP contribution in [0, 0.1) is 5.82 Å². The van der Waals surface area contributed by atoms with Crippen molar-refractivity contribution in [3.05, 3.63) is 58.6 Å². The Morgan fingerprint density at radius 3 is 2.58 bits per heavy atom. The van der Waals surface area contributed by atoms with Gasteiger partial charge >= 0.3 is 0 Å². The smallest absolute Gasteiger partial charge is 0.261 e. The number of benzene rings is 1. The minimum Gasteiger partial charge on any atom is -0.308 e. The second-order valence-corrected chi connectivity index (χ2v) is 4.79. The molecular weight excluding hydrogens is 311 g/mol. The number of rotatable bonds is 3. The highest BCUT2D eigenvalue weighted by molar-refractivity contribution is 9.10. The van der Waals surface area contributed by atoms with Crippen LogP contribution >= 0.6 is 15.9 Å². The molecular formula is C14H12BrFN2O. The molecule has 1 aromatic heterocycles. The van der Waals surface area contributed by atoms with Crippen molar-refractivity contribution >= 4 is 27.5 Å². The van der Waals surface area contributed by atoms with Crippen molar-refractivity contribution in [1.82, 2.24) is 4.98 Å². The first-order chi connectivity index (χ1) is 9.13. The maximum atomic E-state index is 13.8. The summed E-state index contributed by atoms with van der Waals surface area (Å²) in [7, 11) is 0. The van der Waals surface area contributed by atoms with Crippen molar-refractivity contribution in [3.8, 4) is 0 Å². The van der Waals surface area contributed by atoms with Crippen molar-refractivity contribution < 1.29 is 9.18 Å². The molecule has 0 saturated heterocycles. The SMILES string of the molecule is CCN(C(=O)c1ccc(Br)cc1F)c1ccncc1. The van der Waals surface area contributed by atoms with Crippen molar-refractivity contribution in [2.45, 2.75) is 6.92 Å². The Hall–Kier alpha value is -1.75. The van der Waals surface area contributed by atoms with E-state index in [9.17, 15) is 9.18 Å². The van der Waals surface area contributed by atoms with E-state index in [1.54, 1.807) is 30.6 Å². The summed E-state index contributed by atoms with van der Waals surface area (Å²) in [6.45, 7) is 2.30. The Morgan fingerprint density at radius 2 is 2.00 bits per heavy atom. The molecule has 0 fully saturated rings. The molecule has 0 aliphatic rings. The highest BCUT2D eigenvalue weighted by Gasteiger charge is 2.19. The first-order valence-corrected chi connectivity index (χ1v) is 6.59. The summed E-state index contributed by atoms with van der Waals surface area (Å²) in [5.74, 6) is -0.898. The average molecular weight is 323 g/mol. The van der Waals surface area contributed by atoms with Gasteiger partial charge in [0.25, 0.3) is 5.91 Å². The van der Waals surface area contributed by atoms with Gasteiger partial charge in [-0.1, -0.05) is 15.9 Å². The van der Waals surface area contributed by atoms with Gasteiger partial charge in [-0.15, -0.1) is 0 Å². The Bertz CT molecular complexity index is 589. The molecule has 0 aliphatic heterocycles. The van der Waals surface area contributed by atoms with Crippen LogP contribution in [0.2, 0.25) is 0 Å². The molecule has 3 nitrogen and oxygen atoms in total. The van der Waals surface area contributed by atoms with E-state index in [-0.39, 0.29) is 11.5 Å². The topological polar surface area (TPSA) is 33.2 Å². The number of anilines is 1. The van der Waals surface area contributed by atoms with Gasteiger partial charge in [-0.3, -0.25) is 9.78 Å². The van der Waals surface area contributed by atoms with E-state index in [4.69, 9.17) is 0 Å². The Morgan fingerprint density at radius 1 is 1.32 bits per heavy atom. The van der Waals surface area contributed by atoms with Gasteiger partial charge in [0, 0.05) is 29.1 Å². The Balaban J connectivity index is 2.36. The summed E-state index contributed by atoms with van der Waals surface area (Å²) in [5, 5.41) is 0. The summed E-state index contributed by atoms with van der Waals surface area (Å²) < 4.78 is 14.4. The predicted molar refractivity (Wildman–Crippen MR) is 75.7 cm³/mol. The second-order valence-electron chi connectivity index (χ2n) is 3.88. The zero-order valence-electron chi connectivity index (χ0n) is 10.3. The van der Waals surface area contributed by atoms with Gasteiger partial charge < -0.3 is 4.90 Å². The van der Waals surface area contributed by atoms with E-state index in [0.717, 1.165) is 0 Å². The van der Waals surface area contributed by atoms with E-state index in [2.05, 4.69) is 20.9 Å². The first-order valence-electron chi connectivity index (χ1n) is 5.80. The third-order valence-electron chi connectivity index (χ3n) is 2.70. The van der Waals surface area contributed by atoms with Crippen LogP contribution in [0.25, 0.3) is 0 Å². The van der Waals surface area contributed by atoms with Crippen LogP contribution in [0.4, 0.5) is 10.1 Å². The first kappa shape index (κ1) is 13.7. The predicted octanol–water partition coefficient (Wildman–Crippen LogP) is 3.65. The fraction of sp³-hybridized carbons (Fsp3) is 0.143. The zero-order valence-corrected chi connectivity index (χ0v) is 11.9. The lowest BCUT2D eigenvalue weighted by Gasteiger charge is -2.21. The van der Waals surface area contributed by atoms with E-state index < -0.39 is 5.82 Å². The molecule has 2 aromatic rings. The number of nitrogens with zero attached hydrogens (tertiary/aromatic N) is 2. The van der Waals surface area contributed by atoms with Crippen molar-refractivity contribution in [2.24, 2.45) is 0 Å². The molecule has 0 unspecified atom stereocenters. The second kappa shape index (κ2) is 5.93. The van der Waals surface area contributed by atoms with Gasteiger partial charge in [0.2, 0.25) is 0 Å². The van der Waals surface area contributed by atoms with Gasteiger partial charge in [0.05, 0.1) is 5.56 Å². The van der Waals surface area contributed by atoms with Crippen molar-refractivity contribution in [1.29, 1.82) is 0 Å². The molecule has 19 heavy (non-hydrogen) atoms. The van der Waals surface area contributed by atoms with E-state index in [1.165, 1.54) is 17.0 Å². The molecule has 0 atom stereocenters. The molecule has 1 amide bonds. The summed E-state index contributed by atoms with van der Waals surface area (Å²) in [6, 6.07) is 7.85. The van der Waals surface area contributed by atoms with E-state index in [1.807, 2.05) is 6.92 Å². The summed E-state index contributed by atoms with van der Waals surface area (Å²) >= 11 is 3.17. The number of aromatic nitrogens is 1. The number of hydrogen-bond donors (Lipinski definition) is 0. The highest BCUT2D eigenvalue weighted by Crippen LogP contribution is 2.20. The summed E-state index contributed by atoms with van der Waals surface area (Å²) in [6.07, 6.45) is 3.20. The summed E-state index contributed by atoms with van der Waals surface area (Å²) in [4.78, 5) is 17.8. The lowest BCUT2D eigenvalue weighted by Crippen LogP contribution is -2.31. The molecule has 2 rings (SSSR count). The molecule has 0 saturated carbocycles. The number of hydrogen-bond acceptors (Lipinski definition) is 2. The van der Waals surface area contributed by atoms with Crippen LogP contribution in [0.3, 0.4) is 0 Å². The average Bonchev–Trinajstić information content (AvgIpc) is 2.40. The third kappa shape index (κ3) is 2.98. The maximum Gasteiger partial charge on any atom is 0.261 e. The molecule has 5 heteroatoms. The molecule has 0 N–H and O–H groups in total. The molecule has 0 spiro atoms. The van der Waals surface area contributed by atoms with Crippen LogP contribution in [-0.4, -0.2) is 17.4 Å². The van der Waals surface area contributed by atoms with Gasteiger partial charge in [-0.25, -0.2) is 4.39 Å². The van der Waals surface area contributed by atoms with Crippen LogP contribution in [0.5, 0.6) is 0 Å². The third-order valence-corrected chi connectivity index (χ3v) is 3.19. The maximum absolute atomic E-state index is 13.8. The molecule has 1 heterocycles. The van der Waals surface area contributed by atoms with Crippen molar-refractivity contribution in [3.63, 3.8) is 0 Å². The molecule has 98 valence electrons. The highest BCUT2D eigenvalue weighted by atomic mass is 79.9. The van der Waals surface area contributed by atoms with Gasteiger partial charge in [0.15, 0.2) is 0 Å². The Labute approximate surface area is 119 Å². The van der Waals surface area contributed by atoms with Gasteiger partial charge in [-0.2, -0.15) is 0 Å². The number of pyridine rings is 1. The quantitative estimate of drug-likeness (QED) is 0.864. The van der Waals surface area contributed by atoms with Gasteiger partial charge in [0.1, 0.15) is 5.82 Å². The normalized spacial score (nSPS) is 10.3. The molecule has 0 bridgehead atoms. The standard InChI is InChI=1S/C14H12BrFN2O/c1-2-18(11-5-7-17-8-6-11)14(19)12-4-3-10(15)9-13(12)16/h3-9H,2H2,1H3. The number of carbonyl (C=O) groups is 1. The monoisotopic (exact) mass is 322 g/mol. The lowest BCUT2D eigenvalue weighted by molar-refractivity contribution is 0.0984. The zero-order chi connectivity index (χ0) is 13.8. The van der Waals surface area contributed by atoms with E-state index >= 15 is 0 Å². The minimum atomic E-state index is -0.535. The Kier molecular flexibility index (Phi) is 4.27. The fourth-order valence-electron chi connectivity index (χ4n) is 1.78. The van der Waals surface area contributed by atoms with Crippen molar-refractivity contribution in [2.75, 3.05) is 11.4 Å². The van der Waals surface area contributed by atoms with Gasteiger partial charge in [-0.05, 0) is 37.3 Å². The van der Waals surface area contributed by atoms with Crippen LogP contribution in [0.1, 0.15) is 17.3 Å². The largest absolute Gasteiger partial charge is 0.308 e. The van der Waals surface area contributed by atoms with Crippen LogP contribution < -0.4 is 4.90 Å². The minimum absolute atomic E-state index is 0.0573.